The number of nitrogens with one attached hydrogen (secondary N) is 2. The van der Waals surface area contributed by atoms with Crippen LogP contribution in [-0.4, -0.2) is 21.8 Å². The first-order chi connectivity index (χ1) is 14.1. The Kier molecular flexibility index (Phi) is 5.76. The lowest BCUT2D eigenvalue weighted by Crippen LogP contribution is -2.16. The number of nitro benzene ring substituents is 1. The molecule has 156 valence electrons. The lowest BCUT2D eigenvalue weighted by atomic mass is 10.2. The maximum atomic E-state index is 12.6. The quantitative estimate of drug-likeness (QED) is 0.420. The van der Waals surface area contributed by atoms with Crippen molar-refractivity contribution in [2.45, 2.75) is 16.7 Å². The predicted molar refractivity (Wildman–Crippen MR) is 112 cm³/mol. The third-order valence-electron chi connectivity index (χ3n) is 4.08. The Balaban J connectivity index is 1.96. The van der Waals surface area contributed by atoms with Crippen LogP contribution < -0.4 is 9.44 Å². The summed E-state index contributed by atoms with van der Waals surface area (Å²) in [6.45, 7) is 1.79. The van der Waals surface area contributed by atoms with E-state index in [4.69, 9.17) is 0 Å². The first-order valence-corrected chi connectivity index (χ1v) is 11.5. The molecule has 0 saturated carbocycles. The number of sulfonamides is 2. The van der Waals surface area contributed by atoms with Gasteiger partial charge in [0.2, 0.25) is 0 Å². The van der Waals surface area contributed by atoms with Crippen LogP contribution in [-0.2, 0) is 20.0 Å². The number of nitrogens with zero attached hydrogens (tertiary/aromatic N) is 1. The number of para-hydroxylation sites is 1. The fourth-order valence-corrected chi connectivity index (χ4v) is 4.71. The van der Waals surface area contributed by atoms with Crippen LogP contribution in [0.1, 0.15) is 5.56 Å². The van der Waals surface area contributed by atoms with Gasteiger partial charge in [0.05, 0.1) is 14.7 Å². The minimum absolute atomic E-state index is 0.0789. The van der Waals surface area contributed by atoms with Crippen molar-refractivity contribution in [1.29, 1.82) is 0 Å². The second-order valence-electron chi connectivity index (χ2n) is 6.33. The molecule has 3 aromatic rings. The monoisotopic (exact) mass is 447 g/mol. The fourth-order valence-electron chi connectivity index (χ4n) is 2.56. The van der Waals surface area contributed by atoms with Crippen LogP contribution >= 0.6 is 0 Å². The molecule has 0 bridgehead atoms. The van der Waals surface area contributed by atoms with Gasteiger partial charge in [-0.05, 0) is 43.3 Å². The summed E-state index contributed by atoms with van der Waals surface area (Å²) in [5.74, 6) is 0. The van der Waals surface area contributed by atoms with Crippen molar-refractivity contribution in [1.82, 2.24) is 0 Å². The van der Waals surface area contributed by atoms with Gasteiger partial charge in [0, 0.05) is 11.8 Å². The highest BCUT2D eigenvalue weighted by atomic mass is 32.2. The summed E-state index contributed by atoms with van der Waals surface area (Å²) in [7, 11) is -8.22. The van der Waals surface area contributed by atoms with E-state index in [1.807, 2.05) is 0 Å². The Labute approximate surface area is 173 Å². The summed E-state index contributed by atoms with van der Waals surface area (Å²) in [6, 6.07) is 16.9. The number of benzene rings is 3. The van der Waals surface area contributed by atoms with Crippen LogP contribution in [0.15, 0.2) is 82.6 Å². The Morgan fingerprint density at radius 2 is 1.33 bits per heavy atom. The molecule has 0 aliphatic carbocycles. The molecule has 3 aromatic carbocycles. The molecular formula is C19H17N3O6S2. The summed E-state index contributed by atoms with van der Waals surface area (Å²) in [5, 5.41) is 11.5. The van der Waals surface area contributed by atoms with Gasteiger partial charge in [0.1, 0.15) is 5.69 Å². The Bertz CT molecular complexity index is 1290. The van der Waals surface area contributed by atoms with E-state index in [0.717, 1.165) is 23.8 Å². The lowest BCUT2D eigenvalue weighted by molar-refractivity contribution is -0.384. The fraction of sp³-hybridized carbons (Fsp3) is 0.0526. The second-order valence-corrected chi connectivity index (χ2v) is 9.69. The molecule has 3 rings (SSSR count). The zero-order valence-electron chi connectivity index (χ0n) is 15.6. The SMILES string of the molecule is Cc1ccc(S(=O)(=O)Nc2ccc(S(=O)(=O)Nc3ccccc3)cc2[N+](=O)[O-])cc1. The highest BCUT2D eigenvalue weighted by molar-refractivity contribution is 7.93. The van der Waals surface area contributed by atoms with E-state index in [1.54, 1.807) is 37.3 Å². The van der Waals surface area contributed by atoms with Gasteiger partial charge in [0.15, 0.2) is 0 Å². The standard InChI is InChI=1S/C19H17N3O6S2/c1-14-7-9-16(10-8-14)29(25,26)21-18-12-11-17(13-19(18)22(23)24)30(27,28)20-15-5-3-2-4-6-15/h2-13,20-21H,1H3. The van der Waals surface area contributed by atoms with E-state index in [0.29, 0.717) is 0 Å². The van der Waals surface area contributed by atoms with Crippen LogP contribution in [0, 0.1) is 17.0 Å². The molecule has 0 radical (unpaired) electrons. The molecule has 0 unspecified atom stereocenters. The maximum absolute atomic E-state index is 12.6. The van der Waals surface area contributed by atoms with Crippen molar-refractivity contribution in [2.75, 3.05) is 9.44 Å². The van der Waals surface area contributed by atoms with Crippen molar-refractivity contribution in [2.24, 2.45) is 0 Å². The van der Waals surface area contributed by atoms with Gasteiger partial charge in [-0.1, -0.05) is 35.9 Å². The van der Waals surface area contributed by atoms with Gasteiger partial charge in [-0.2, -0.15) is 0 Å². The van der Waals surface area contributed by atoms with Crippen molar-refractivity contribution < 1.29 is 21.8 Å². The number of anilines is 2. The van der Waals surface area contributed by atoms with Gasteiger partial charge in [-0.3, -0.25) is 19.6 Å². The lowest BCUT2D eigenvalue weighted by Gasteiger charge is -2.11. The van der Waals surface area contributed by atoms with E-state index < -0.39 is 30.7 Å². The molecule has 0 spiro atoms. The maximum Gasteiger partial charge on any atom is 0.294 e. The molecule has 9 nitrogen and oxygen atoms in total. The smallest absolute Gasteiger partial charge is 0.280 e. The number of hydrogen-bond donors (Lipinski definition) is 2. The second kappa shape index (κ2) is 8.13. The van der Waals surface area contributed by atoms with Gasteiger partial charge in [-0.15, -0.1) is 0 Å². The van der Waals surface area contributed by atoms with Gasteiger partial charge >= 0.3 is 0 Å². The summed E-state index contributed by atoms with van der Waals surface area (Å²) in [4.78, 5) is 10.2. The summed E-state index contributed by atoms with van der Waals surface area (Å²) in [5.41, 5.74) is 0.0885. The Morgan fingerprint density at radius 1 is 0.767 bits per heavy atom. The minimum atomic E-state index is -4.12. The van der Waals surface area contributed by atoms with E-state index >= 15 is 0 Å². The predicted octanol–water partition coefficient (Wildman–Crippen LogP) is 3.50. The summed E-state index contributed by atoms with van der Waals surface area (Å²) >= 11 is 0. The van der Waals surface area contributed by atoms with Crippen LogP contribution in [0.5, 0.6) is 0 Å². The third-order valence-corrected chi connectivity index (χ3v) is 6.84. The van der Waals surface area contributed by atoms with Crippen LogP contribution in [0.25, 0.3) is 0 Å². The van der Waals surface area contributed by atoms with Crippen molar-refractivity contribution in [3.63, 3.8) is 0 Å². The van der Waals surface area contributed by atoms with E-state index in [9.17, 15) is 26.9 Å². The molecular weight excluding hydrogens is 430 g/mol. The average molecular weight is 447 g/mol. The number of nitro groups is 1. The first-order valence-electron chi connectivity index (χ1n) is 8.54. The van der Waals surface area contributed by atoms with Gasteiger partial charge < -0.3 is 0 Å². The normalized spacial score (nSPS) is 11.6. The molecule has 0 aliphatic heterocycles. The molecule has 0 aromatic heterocycles. The van der Waals surface area contributed by atoms with Gasteiger partial charge in [0.25, 0.3) is 25.7 Å². The van der Waals surface area contributed by atoms with E-state index in [1.165, 1.54) is 24.3 Å². The molecule has 2 N–H and O–H groups in total. The molecule has 11 heteroatoms. The Hall–Kier alpha value is -3.44. The molecule has 0 fully saturated rings. The average Bonchev–Trinajstić information content (AvgIpc) is 2.68. The molecule has 0 heterocycles. The van der Waals surface area contributed by atoms with E-state index in [-0.39, 0.29) is 21.2 Å². The molecule has 30 heavy (non-hydrogen) atoms. The number of hydrogen-bond acceptors (Lipinski definition) is 6. The van der Waals surface area contributed by atoms with Crippen molar-refractivity contribution in [3.8, 4) is 0 Å². The summed E-state index contributed by atoms with van der Waals surface area (Å²) in [6.07, 6.45) is 0. The summed E-state index contributed by atoms with van der Waals surface area (Å²) < 4.78 is 54.7. The van der Waals surface area contributed by atoms with Gasteiger partial charge in [-0.25, -0.2) is 16.8 Å². The molecule has 0 amide bonds. The van der Waals surface area contributed by atoms with Crippen LogP contribution in [0.4, 0.5) is 17.1 Å². The highest BCUT2D eigenvalue weighted by Gasteiger charge is 2.25. The minimum Gasteiger partial charge on any atom is -0.280 e. The largest absolute Gasteiger partial charge is 0.294 e. The topological polar surface area (TPSA) is 135 Å². The molecule has 0 aliphatic rings. The van der Waals surface area contributed by atoms with E-state index in [2.05, 4.69) is 9.44 Å². The van der Waals surface area contributed by atoms with Crippen molar-refractivity contribution in [3.05, 3.63) is 88.5 Å². The Morgan fingerprint density at radius 3 is 1.93 bits per heavy atom. The third kappa shape index (κ3) is 4.75. The highest BCUT2D eigenvalue weighted by Crippen LogP contribution is 2.30. The zero-order valence-corrected chi connectivity index (χ0v) is 17.3. The van der Waals surface area contributed by atoms with Crippen molar-refractivity contribution >= 4 is 37.1 Å². The first kappa shape index (κ1) is 21.3. The molecule has 0 saturated heterocycles. The molecule has 0 atom stereocenters. The number of aryl methyl sites for hydroxylation is 1. The zero-order chi connectivity index (χ0) is 21.9. The van der Waals surface area contributed by atoms with Crippen LogP contribution in [0.3, 0.4) is 0 Å². The van der Waals surface area contributed by atoms with Crippen LogP contribution in [0.2, 0.25) is 0 Å². The number of rotatable bonds is 7.